The molecule has 4 aromatic rings. The van der Waals surface area contributed by atoms with E-state index in [1.54, 1.807) is 24.3 Å². The van der Waals surface area contributed by atoms with Crippen LogP contribution in [0.5, 0.6) is 0 Å². The van der Waals surface area contributed by atoms with Gasteiger partial charge in [-0.25, -0.2) is 17.6 Å². The molecule has 0 spiro atoms. The number of piperidine rings is 1. The topological polar surface area (TPSA) is 33.5 Å². The van der Waals surface area contributed by atoms with Crippen molar-refractivity contribution in [1.82, 2.24) is 4.90 Å². The number of halogens is 4. The first-order valence-corrected chi connectivity index (χ1v) is 11.5. The smallest absolute Gasteiger partial charge is 0.253 e. The van der Waals surface area contributed by atoms with Gasteiger partial charge in [0.15, 0.2) is 0 Å². The molecule has 35 heavy (non-hydrogen) atoms. The van der Waals surface area contributed by atoms with Gasteiger partial charge in [-0.3, -0.25) is 4.79 Å². The van der Waals surface area contributed by atoms with Crippen LogP contribution >= 0.6 is 0 Å². The lowest BCUT2D eigenvalue weighted by Gasteiger charge is -2.31. The third kappa shape index (κ3) is 4.67. The Bertz CT molecular complexity index is 1380. The summed E-state index contributed by atoms with van der Waals surface area (Å²) in [7, 11) is 0. The molecule has 0 atom stereocenters. The number of carbonyl (C=O) groups is 1. The lowest BCUT2D eigenvalue weighted by molar-refractivity contribution is -0.0494. The van der Waals surface area contributed by atoms with Crippen LogP contribution in [-0.4, -0.2) is 29.8 Å². The van der Waals surface area contributed by atoms with Gasteiger partial charge < -0.3 is 9.32 Å². The second-order valence-electron chi connectivity index (χ2n) is 8.89. The molecule has 0 radical (unpaired) electrons. The predicted octanol–water partition coefficient (Wildman–Crippen LogP) is 7.48. The third-order valence-corrected chi connectivity index (χ3v) is 6.44. The number of alkyl halides is 2. The quantitative estimate of drug-likeness (QED) is 0.283. The van der Waals surface area contributed by atoms with Crippen molar-refractivity contribution in [3.05, 3.63) is 83.6 Å². The molecule has 2 heterocycles. The lowest BCUT2D eigenvalue weighted by Crippen LogP contribution is -2.42. The molecule has 1 saturated heterocycles. The van der Waals surface area contributed by atoms with Crippen molar-refractivity contribution in [2.75, 3.05) is 13.1 Å². The Kier molecular flexibility index (Phi) is 5.87. The zero-order valence-corrected chi connectivity index (χ0v) is 19.1. The van der Waals surface area contributed by atoms with Crippen LogP contribution in [0.2, 0.25) is 0 Å². The molecule has 180 valence electrons. The van der Waals surface area contributed by atoms with Crippen LogP contribution in [0, 0.1) is 11.6 Å². The molecule has 1 aromatic heterocycles. The number of nitrogens with zero attached hydrogens (tertiary/aromatic N) is 1. The summed E-state index contributed by atoms with van der Waals surface area (Å²) >= 11 is 0. The van der Waals surface area contributed by atoms with Crippen LogP contribution in [0.25, 0.3) is 33.2 Å². The standard InChI is InChI=1S/C28H23F4NO2/c1-2-24-14-21-11-19(15-25(26(21)35-24)20-12-22(29)16-23(30)13-20)17-3-5-18(6-4-17)27(34)33-9-7-28(31,32)8-10-33/h3-6,11-16H,2,7-10H2,1H3. The van der Waals surface area contributed by atoms with Crippen LogP contribution in [0.4, 0.5) is 17.6 Å². The van der Waals surface area contributed by atoms with Crippen LogP contribution in [0.1, 0.15) is 35.9 Å². The zero-order chi connectivity index (χ0) is 24.7. The second kappa shape index (κ2) is 8.87. The van der Waals surface area contributed by atoms with Crippen molar-refractivity contribution in [1.29, 1.82) is 0 Å². The Labute approximate surface area is 200 Å². The van der Waals surface area contributed by atoms with Gasteiger partial charge in [0.05, 0.1) is 0 Å². The van der Waals surface area contributed by atoms with E-state index in [0.29, 0.717) is 28.7 Å². The Morgan fingerprint density at radius 2 is 1.54 bits per heavy atom. The maximum absolute atomic E-state index is 14.0. The summed E-state index contributed by atoms with van der Waals surface area (Å²) in [5.41, 5.74) is 3.47. The minimum atomic E-state index is -2.72. The maximum Gasteiger partial charge on any atom is 0.253 e. The number of carbonyl (C=O) groups excluding carboxylic acids is 1. The van der Waals surface area contributed by atoms with E-state index in [0.717, 1.165) is 28.3 Å². The molecule has 0 N–H and O–H groups in total. The van der Waals surface area contributed by atoms with Crippen LogP contribution in [0.3, 0.4) is 0 Å². The Balaban J connectivity index is 1.50. The predicted molar refractivity (Wildman–Crippen MR) is 126 cm³/mol. The molecule has 0 saturated carbocycles. The van der Waals surface area contributed by atoms with Gasteiger partial charge in [-0.05, 0) is 59.2 Å². The third-order valence-electron chi connectivity index (χ3n) is 6.44. The zero-order valence-electron chi connectivity index (χ0n) is 19.1. The molecule has 1 amide bonds. The summed E-state index contributed by atoms with van der Waals surface area (Å²) in [6, 6.07) is 15.9. The monoisotopic (exact) mass is 481 g/mol. The fraction of sp³-hybridized carbons (Fsp3) is 0.250. The van der Waals surface area contributed by atoms with Gasteiger partial charge >= 0.3 is 0 Å². The van der Waals surface area contributed by atoms with Gasteiger partial charge in [0, 0.05) is 54.9 Å². The summed E-state index contributed by atoms with van der Waals surface area (Å²) in [6.07, 6.45) is 0.00960. The van der Waals surface area contributed by atoms with E-state index in [1.165, 1.54) is 17.0 Å². The highest BCUT2D eigenvalue weighted by atomic mass is 19.3. The highest BCUT2D eigenvalue weighted by Gasteiger charge is 2.35. The van der Waals surface area contributed by atoms with Crippen LogP contribution < -0.4 is 0 Å². The van der Waals surface area contributed by atoms with E-state index < -0.39 is 17.6 Å². The summed E-state index contributed by atoms with van der Waals surface area (Å²) in [5, 5.41) is 0.799. The molecular formula is C28H23F4NO2. The van der Waals surface area contributed by atoms with E-state index in [9.17, 15) is 22.4 Å². The first kappa shape index (κ1) is 23.1. The second-order valence-corrected chi connectivity index (χ2v) is 8.89. The summed E-state index contributed by atoms with van der Waals surface area (Å²) in [5.74, 6) is -3.60. The number of benzene rings is 3. The van der Waals surface area contributed by atoms with Crippen molar-refractivity contribution >= 4 is 16.9 Å². The first-order valence-electron chi connectivity index (χ1n) is 11.5. The minimum absolute atomic E-state index is 0.0259. The molecule has 3 aromatic carbocycles. The van der Waals surface area contributed by atoms with Gasteiger partial charge in [-0.1, -0.05) is 19.1 Å². The van der Waals surface area contributed by atoms with Gasteiger partial charge in [-0.15, -0.1) is 0 Å². The number of likely N-dealkylation sites (tertiary alicyclic amines) is 1. The van der Waals surface area contributed by atoms with Crippen molar-refractivity contribution < 1.29 is 26.8 Å². The molecule has 1 fully saturated rings. The number of amides is 1. The number of furan rings is 1. The fourth-order valence-corrected chi connectivity index (χ4v) is 4.50. The van der Waals surface area contributed by atoms with Gasteiger partial charge in [0.1, 0.15) is 23.0 Å². The molecule has 1 aliphatic heterocycles. The number of aryl methyl sites for hydroxylation is 1. The average molecular weight is 481 g/mol. The highest BCUT2D eigenvalue weighted by Crippen LogP contribution is 2.37. The van der Waals surface area contributed by atoms with Gasteiger partial charge in [-0.2, -0.15) is 0 Å². The number of hydrogen-bond donors (Lipinski definition) is 0. The molecule has 1 aliphatic rings. The molecule has 0 aliphatic carbocycles. The summed E-state index contributed by atoms with van der Waals surface area (Å²) in [6.45, 7) is 2.01. The number of hydrogen-bond acceptors (Lipinski definition) is 2. The Morgan fingerprint density at radius 1 is 0.886 bits per heavy atom. The van der Waals surface area contributed by atoms with Crippen molar-refractivity contribution in [3.8, 4) is 22.3 Å². The van der Waals surface area contributed by atoms with Crippen molar-refractivity contribution in [2.24, 2.45) is 0 Å². The molecule has 0 bridgehead atoms. The first-order chi connectivity index (χ1) is 16.7. The lowest BCUT2D eigenvalue weighted by atomic mass is 9.96. The van der Waals surface area contributed by atoms with E-state index >= 15 is 0 Å². The molecular weight excluding hydrogens is 458 g/mol. The molecule has 5 rings (SSSR count). The number of fused-ring (bicyclic) bond motifs is 1. The van der Waals surface area contributed by atoms with E-state index in [4.69, 9.17) is 4.42 Å². The van der Waals surface area contributed by atoms with Crippen molar-refractivity contribution in [3.63, 3.8) is 0 Å². The van der Waals surface area contributed by atoms with Crippen LogP contribution in [-0.2, 0) is 6.42 Å². The molecule has 7 heteroatoms. The molecule has 3 nitrogen and oxygen atoms in total. The van der Waals surface area contributed by atoms with E-state index in [2.05, 4.69) is 0 Å². The minimum Gasteiger partial charge on any atom is -0.460 e. The summed E-state index contributed by atoms with van der Waals surface area (Å²) < 4.78 is 60.8. The van der Waals surface area contributed by atoms with Crippen molar-refractivity contribution in [2.45, 2.75) is 32.1 Å². The highest BCUT2D eigenvalue weighted by molar-refractivity contribution is 5.98. The maximum atomic E-state index is 14.0. The van der Waals surface area contributed by atoms with E-state index in [-0.39, 0.29) is 31.8 Å². The van der Waals surface area contributed by atoms with Gasteiger partial charge in [0.25, 0.3) is 11.8 Å². The average Bonchev–Trinajstić information content (AvgIpc) is 3.26. The Morgan fingerprint density at radius 3 is 2.17 bits per heavy atom. The molecule has 0 unspecified atom stereocenters. The van der Waals surface area contributed by atoms with E-state index in [1.807, 2.05) is 25.1 Å². The summed E-state index contributed by atoms with van der Waals surface area (Å²) in [4.78, 5) is 14.2. The normalized spacial score (nSPS) is 15.5. The fourth-order valence-electron chi connectivity index (χ4n) is 4.50. The van der Waals surface area contributed by atoms with Crippen LogP contribution in [0.15, 0.2) is 65.1 Å². The largest absolute Gasteiger partial charge is 0.460 e. The Hall–Kier alpha value is -3.61. The van der Waals surface area contributed by atoms with Gasteiger partial charge in [0.2, 0.25) is 0 Å². The number of rotatable bonds is 4. The SMILES string of the molecule is CCc1cc2cc(-c3ccc(C(=O)N4CCC(F)(F)CC4)cc3)cc(-c3cc(F)cc(F)c3)c2o1.